The highest BCUT2D eigenvalue weighted by atomic mass is 32.2. The van der Waals surface area contributed by atoms with Crippen LogP contribution in [0, 0.1) is 0 Å². The molecule has 0 fully saturated rings. The van der Waals surface area contributed by atoms with Crippen LogP contribution in [0.1, 0.15) is 33.0 Å². The van der Waals surface area contributed by atoms with E-state index in [2.05, 4.69) is 4.72 Å². The normalized spacial score (nSPS) is 13.4. The number of sulfonamides is 1. The zero-order valence-electron chi connectivity index (χ0n) is 21.0. The Hall–Kier alpha value is -5.10. The number of carboxylic acid groups (broad SMARTS) is 1. The van der Waals surface area contributed by atoms with Gasteiger partial charge in [-0.25, -0.2) is 17.9 Å². The van der Waals surface area contributed by atoms with Crippen molar-refractivity contribution in [1.82, 2.24) is 9.29 Å². The van der Waals surface area contributed by atoms with E-state index in [0.29, 0.717) is 39.1 Å². The Morgan fingerprint density at radius 1 is 1.02 bits per heavy atom. The van der Waals surface area contributed by atoms with Crippen LogP contribution in [0.2, 0.25) is 0 Å². The number of aromatic nitrogens is 1. The maximum Gasteiger partial charge on any atom is 0.328 e. The van der Waals surface area contributed by atoms with Crippen LogP contribution < -0.4 is 19.9 Å². The van der Waals surface area contributed by atoms with Crippen LogP contribution in [0.4, 0.5) is 0 Å². The highest BCUT2D eigenvalue weighted by molar-refractivity contribution is 7.90. The molecule has 12 heteroatoms. The van der Waals surface area contributed by atoms with E-state index in [1.165, 1.54) is 30.3 Å². The Bertz CT molecular complexity index is 1810. The second kappa shape index (κ2) is 10.2. The van der Waals surface area contributed by atoms with E-state index in [9.17, 15) is 22.8 Å². The van der Waals surface area contributed by atoms with E-state index in [-0.39, 0.29) is 17.3 Å². The second-order valence-corrected chi connectivity index (χ2v) is 10.7. The van der Waals surface area contributed by atoms with E-state index in [1.807, 2.05) is 0 Å². The van der Waals surface area contributed by atoms with Crippen molar-refractivity contribution in [3.8, 4) is 11.5 Å². The molecule has 4 N–H and O–H groups in total. The number of carbonyl (C=O) groups is 3. The quantitative estimate of drug-likeness (QED) is 0.276. The molecular weight excluding hydrogens is 538 g/mol. The van der Waals surface area contributed by atoms with E-state index in [4.69, 9.17) is 20.3 Å². The number of rotatable bonds is 8. The summed E-state index contributed by atoms with van der Waals surface area (Å²) in [6, 6.07) is 15.1. The van der Waals surface area contributed by atoms with Gasteiger partial charge in [0, 0.05) is 35.8 Å². The van der Waals surface area contributed by atoms with Crippen LogP contribution in [0.25, 0.3) is 17.0 Å². The minimum Gasteiger partial charge on any atom is -0.478 e. The molecule has 2 heterocycles. The molecule has 204 valence electrons. The molecule has 1 aromatic heterocycles. The predicted molar refractivity (Wildman–Crippen MR) is 144 cm³/mol. The highest BCUT2D eigenvalue weighted by Crippen LogP contribution is 2.39. The molecule has 1 aliphatic rings. The van der Waals surface area contributed by atoms with E-state index in [0.717, 1.165) is 6.08 Å². The number of hydrogen-bond acceptors (Lipinski definition) is 7. The fourth-order valence-electron chi connectivity index (χ4n) is 4.54. The number of amides is 2. The fourth-order valence-corrected chi connectivity index (χ4v) is 5.53. The van der Waals surface area contributed by atoms with Gasteiger partial charge in [-0.05, 0) is 59.2 Å². The Morgan fingerprint density at radius 3 is 2.45 bits per heavy atom. The first-order valence-electron chi connectivity index (χ1n) is 11.9. The van der Waals surface area contributed by atoms with Gasteiger partial charge >= 0.3 is 5.97 Å². The molecule has 4 aromatic rings. The standard InChI is InChI=1S/C28H23N3O8S/c1-31-14-21(20-9-5-18(27(29)34)12-22(20)31)26(17-6-10-23-24(13-17)39-15-38-23)28(35)30-40(36,37)19-7-2-16(3-8-19)4-11-25(32)33/h2-14,26H,15H2,1H3,(H2,29,34)(H,30,35)(H,32,33)/b11-4+. The number of nitrogens with one attached hydrogen (secondary N) is 1. The molecule has 0 aliphatic carbocycles. The number of aliphatic carboxylic acids is 1. The second-order valence-electron chi connectivity index (χ2n) is 9.05. The summed E-state index contributed by atoms with van der Waals surface area (Å²) in [5, 5.41) is 9.41. The van der Waals surface area contributed by atoms with Gasteiger partial charge in [0.05, 0.1) is 10.8 Å². The van der Waals surface area contributed by atoms with E-state index < -0.39 is 33.7 Å². The fraction of sp³-hybridized carbons (Fsp3) is 0.107. The predicted octanol–water partition coefficient (Wildman–Crippen LogP) is 2.74. The van der Waals surface area contributed by atoms with Gasteiger partial charge < -0.3 is 24.9 Å². The average molecular weight is 562 g/mol. The monoisotopic (exact) mass is 561 g/mol. The van der Waals surface area contributed by atoms with Gasteiger partial charge in [-0.1, -0.05) is 24.3 Å². The Labute approximate surface area is 228 Å². The first kappa shape index (κ1) is 26.5. The van der Waals surface area contributed by atoms with Gasteiger partial charge in [0.25, 0.3) is 10.0 Å². The summed E-state index contributed by atoms with van der Waals surface area (Å²) in [5.74, 6) is -2.75. The highest BCUT2D eigenvalue weighted by Gasteiger charge is 2.31. The number of benzene rings is 3. The molecule has 5 rings (SSSR count). The third-order valence-corrected chi connectivity index (χ3v) is 7.82. The van der Waals surface area contributed by atoms with Crippen molar-refractivity contribution in [2.75, 3.05) is 6.79 Å². The SMILES string of the molecule is Cn1cc(C(C(=O)NS(=O)(=O)c2ccc(/C=C/C(=O)O)cc2)c2ccc3c(c2)OCO3)c2ccc(C(N)=O)cc21. The van der Waals surface area contributed by atoms with Gasteiger partial charge in [0.2, 0.25) is 18.6 Å². The first-order valence-corrected chi connectivity index (χ1v) is 13.4. The zero-order chi connectivity index (χ0) is 28.6. The number of fused-ring (bicyclic) bond motifs is 2. The summed E-state index contributed by atoms with van der Waals surface area (Å²) in [4.78, 5) is 36.1. The summed E-state index contributed by atoms with van der Waals surface area (Å²) in [6.07, 6.45) is 3.94. The number of hydrogen-bond donors (Lipinski definition) is 3. The van der Waals surface area contributed by atoms with Crippen LogP contribution in [-0.2, 0) is 26.7 Å². The number of primary amides is 1. The van der Waals surface area contributed by atoms with Gasteiger partial charge in [0.1, 0.15) is 0 Å². The van der Waals surface area contributed by atoms with Gasteiger partial charge in [-0.15, -0.1) is 0 Å². The molecular formula is C28H23N3O8S. The van der Waals surface area contributed by atoms with Gasteiger partial charge in [0.15, 0.2) is 11.5 Å². The van der Waals surface area contributed by atoms with Crippen LogP contribution in [0.5, 0.6) is 11.5 Å². The summed E-state index contributed by atoms with van der Waals surface area (Å²) in [5.41, 5.74) is 7.77. The summed E-state index contributed by atoms with van der Waals surface area (Å²) >= 11 is 0. The molecule has 0 saturated heterocycles. The molecule has 0 bridgehead atoms. The third kappa shape index (κ3) is 5.12. The van der Waals surface area contributed by atoms with Crippen molar-refractivity contribution in [2.45, 2.75) is 10.8 Å². The molecule has 40 heavy (non-hydrogen) atoms. The van der Waals surface area contributed by atoms with Gasteiger partial charge in [-0.3, -0.25) is 9.59 Å². The molecule has 0 radical (unpaired) electrons. The Morgan fingerprint density at radius 2 is 1.75 bits per heavy atom. The number of nitrogens with zero attached hydrogens (tertiary/aromatic N) is 1. The van der Waals surface area contributed by atoms with Crippen molar-refractivity contribution >= 4 is 44.8 Å². The van der Waals surface area contributed by atoms with Crippen molar-refractivity contribution in [1.29, 1.82) is 0 Å². The maximum atomic E-state index is 13.8. The van der Waals surface area contributed by atoms with Crippen molar-refractivity contribution in [3.05, 3.63) is 95.2 Å². The maximum absolute atomic E-state index is 13.8. The third-order valence-electron chi connectivity index (χ3n) is 6.45. The topological polar surface area (TPSA) is 167 Å². The minimum absolute atomic E-state index is 0.0197. The number of carbonyl (C=O) groups excluding carboxylic acids is 2. The molecule has 0 saturated carbocycles. The van der Waals surface area contributed by atoms with Crippen molar-refractivity contribution in [3.63, 3.8) is 0 Å². The lowest BCUT2D eigenvalue weighted by molar-refractivity contribution is -0.131. The molecule has 1 aliphatic heterocycles. The van der Waals surface area contributed by atoms with E-state index in [1.54, 1.807) is 54.2 Å². The van der Waals surface area contributed by atoms with Crippen LogP contribution in [0.3, 0.4) is 0 Å². The summed E-state index contributed by atoms with van der Waals surface area (Å²) in [6.45, 7) is 0.0197. The van der Waals surface area contributed by atoms with Crippen LogP contribution in [-0.4, -0.2) is 42.7 Å². The molecule has 1 unspecified atom stereocenters. The first-order chi connectivity index (χ1) is 19.0. The molecule has 11 nitrogen and oxygen atoms in total. The number of aryl methyl sites for hydroxylation is 1. The summed E-state index contributed by atoms with van der Waals surface area (Å²) in [7, 11) is -2.57. The minimum atomic E-state index is -4.31. The van der Waals surface area contributed by atoms with E-state index >= 15 is 0 Å². The smallest absolute Gasteiger partial charge is 0.328 e. The van der Waals surface area contributed by atoms with Crippen LogP contribution in [0.15, 0.2) is 77.8 Å². The zero-order valence-corrected chi connectivity index (χ0v) is 21.8. The van der Waals surface area contributed by atoms with Crippen LogP contribution >= 0.6 is 0 Å². The number of nitrogens with two attached hydrogens (primary N) is 1. The largest absolute Gasteiger partial charge is 0.478 e. The molecule has 2 amide bonds. The van der Waals surface area contributed by atoms with Crippen molar-refractivity contribution < 1.29 is 37.4 Å². The number of carboxylic acids is 1. The Kier molecular flexibility index (Phi) is 6.78. The molecule has 1 atom stereocenters. The molecule has 0 spiro atoms. The Balaban J connectivity index is 1.55. The molecule has 3 aromatic carbocycles. The number of ether oxygens (including phenoxy) is 2. The lowest BCUT2D eigenvalue weighted by Gasteiger charge is -2.18. The van der Waals surface area contributed by atoms with Crippen molar-refractivity contribution in [2.24, 2.45) is 12.8 Å². The lowest BCUT2D eigenvalue weighted by atomic mass is 9.90. The lowest BCUT2D eigenvalue weighted by Crippen LogP contribution is -2.35. The van der Waals surface area contributed by atoms with Gasteiger partial charge in [-0.2, -0.15) is 0 Å². The average Bonchev–Trinajstić information content (AvgIpc) is 3.51. The summed E-state index contributed by atoms with van der Waals surface area (Å²) < 4.78 is 41.2.